The van der Waals surface area contributed by atoms with Crippen molar-refractivity contribution in [3.63, 3.8) is 0 Å². The van der Waals surface area contributed by atoms with Gasteiger partial charge in [0.15, 0.2) is 0 Å². The van der Waals surface area contributed by atoms with Gasteiger partial charge in [-0.1, -0.05) is 12.8 Å². The van der Waals surface area contributed by atoms with Crippen molar-refractivity contribution in [1.29, 1.82) is 0 Å². The van der Waals surface area contributed by atoms with E-state index in [0.29, 0.717) is 0 Å². The lowest BCUT2D eigenvalue weighted by atomic mass is 10.1. The van der Waals surface area contributed by atoms with Crippen molar-refractivity contribution >= 4 is 11.9 Å². The summed E-state index contributed by atoms with van der Waals surface area (Å²) in [6.45, 7) is 2.88. The number of primary amides is 1. The smallest absolute Gasteiger partial charge is 0.318 e. The van der Waals surface area contributed by atoms with Gasteiger partial charge in [-0.2, -0.15) is 0 Å². The molecule has 0 aromatic carbocycles. The first-order valence-corrected chi connectivity index (χ1v) is 6.96. The normalized spacial score (nSPS) is 20.4. The van der Waals surface area contributed by atoms with Gasteiger partial charge in [-0.25, -0.2) is 4.79 Å². The van der Waals surface area contributed by atoms with Crippen LogP contribution in [-0.4, -0.2) is 29.9 Å². The number of nitrogens with zero attached hydrogens (tertiary/aromatic N) is 1. The van der Waals surface area contributed by atoms with Crippen LogP contribution in [0.2, 0.25) is 0 Å². The molecular formula is C14H21N3O3. The summed E-state index contributed by atoms with van der Waals surface area (Å²) in [5.74, 6) is 1.38. The second kappa shape index (κ2) is 6.56. The number of nitrogens with one attached hydrogen (secondary N) is 1. The van der Waals surface area contributed by atoms with Crippen molar-refractivity contribution in [1.82, 2.24) is 10.2 Å². The summed E-state index contributed by atoms with van der Waals surface area (Å²) in [5.41, 5.74) is 4.97. The van der Waals surface area contributed by atoms with Crippen molar-refractivity contribution in [2.45, 2.75) is 38.6 Å². The molecule has 3 N–H and O–H groups in total. The van der Waals surface area contributed by atoms with E-state index in [4.69, 9.17) is 10.2 Å². The van der Waals surface area contributed by atoms with E-state index in [-0.39, 0.29) is 18.5 Å². The van der Waals surface area contributed by atoms with Gasteiger partial charge in [0, 0.05) is 0 Å². The average molecular weight is 279 g/mol. The third kappa shape index (κ3) is 3.84. The predicted molar refractivity (Wildman–Crippen MR) is 74.0 cm³/mol. The molecule has 20 heavy (non-hydrogen) atoms. The van der Waals surface area contributed by atoms with Crippen molar-refractivity contribution in [2.24, 2.45) is 5.73 Å². The fourth-order valence-corrected chi connectivity index (χ4v) is 2.67. The van der Waals surface area contributed by atoms with Gasteiger partial charge in [0.25, 0.3) is 0 Å². The van der Waals surface area contributed by atoms with Gasteiger partial charge in [0.2, 0.25) is 5.91 Å². The summed E-state index contributed by atoms with van der Waals surface area (Å²) in [6, 6.07) is 3.17. The van der Waals surface area contributed by atoms with Crippen LogP contribution in [-0.2, 0) is 4.79 Å². The zero-order valence-corrected chi connectivity index (χ0v) is 11.7. The minimum atomic E-state index is -0.810. The average Bonchev–Trinajstić information content (AvgIpc) is 2.65. The first-order chi connectivity index (χ1) is 9.56. The van der Waals surface area contributed by atoms with Crippen LogP contribution in [0.5, 0.6) is 0 Å². The van der Waals surface area contributed by atoms with Crippen LogP contribution in [0.15, 0.2) is 16.5 Å². The van der Waals surface area contributed by atoms with E-state index in [1.807, 2.05) is 19.1 Å². The largest absolute Gasteiger partial charge is 0.465 e. The minimum absolute atomic E-state index is 0.0878. The summed E-state index contributed by atoms with van der Waals surface area (Å²) >= 11 is 0. The van der Waals surface area contributed by atoms with Crippen LogP contribution >= 0.6 is 0 Å². The van der Waals surface area contributed by atoms with E-state index in [1.54, 1.807) is 0 Å². The van der Waals surface area contributed by atoms with Crippen LogP contribution in [0.25, 0.3) is 0 Å². The molecule has 6 nitrogen and oxygen atoms in total. The second-order valence-electron chi connectivity index (χ2n) is 5.20. The molecular weight excluding hydrogens is 258 g/mol. The Morgan fingerprint density at radius 3 is 2.85 bits per heavy atom. The van der Waals surface area contributed by atoms with E-state index in [2.05, 4.69) is 10.2 Å². The molecule has 0 radical (unpaired) electrons. The lowest BCUT2D eigenvalue weighted by Crippen LogP contribution is -2.43. The number of aryl methyl sites for hydroxylation is 1. The molecule has 1 fully saturated rings. The molecule has 110 valence electrons. The molecule has 1 saturated heterocycles. The standard InChI is InChI=1S/C14H21N3O3/c1-10-6-7-12(20-10)11-5-3-2-4-8-17(11)9-13(18)16-14(15)19/h6-7,11H,2-5,8-9H2,1H3,(H3,15,16,18,19). The molecule has 1 aromatic rings. The summed E-state index contributed by atoms with van der Waals surface area (Å²) in [5, 5.41) is 2.12. The maximum absolute atomic E-state index is 11.7. The van der Waals surface area contributed by atoms with Crippen LogP contribution < -0.4 is 11.1 Å². The zero-order valence-electron chi connectivity index (χ0n) is 11.7. The highest BCUT2D eigenvalue weighted by Crippen LogP contribution is 2.30. The third-order valence-electron chi connectivity index (χ3n) is 3.56. The van der Waals surface area contributed by atoms with Gasteiger partial charge in [-0.05, 0) is 38.4 Å². The number of nitrogens with two attached hydrogens (primary N) is 1. The van der Waals surface area contributed by atoms with Crippen LogP contribution in [0.3, 0.4) is 0 Å². The fraction of sp³-hybridized carbons (Fsp3) is 0.571. The zero-order chi connectivity index (χ0) is 14.5. The van der Waals surface area contributed by atoms with Gasteiger partial charge in [0.1, 0.15) is 11.5 Å². The Bertz CT molecular complexity index is 484. The molecule has 0 spiro atoms. The van der Waals surface area contributed by atoms with Crippen molar-refractivity contribution < 1.29 is 14.0 Å². The maximum Gasteiger partial charge on any atom is 0.318 e. The SMILES string of the molecule is Cc1ccc(C2CCCCCN2CC(=O)NC(N)=O)o1. The third-order valence-corrected chi connectivity index (χ3v) is 3.56. The molecule has 1 unspecified atom stereocenters. The quantitative estimate of drug-likeness (QED) is 0.881. The number of hydrogen-bond donors (Lipinski definition) is 2. The second-order valence-corrected chi connectivity index (χ2v) is 5.20. The van der Waals surface area contributed by atoms with Gasteiger partial charge in [-0.15, -0.1) is 0 Å². The van der Waals surface area contributed by atoms with Crippen molar-refractivity contribution in [2.75, 3.05) is 13.1 Å². The lowest BCUT2D eigenvalue weighted by Gasteiger charge is -2.27. The fourth-order valence-electron chi connectivity index (χ4n) is 2.67. The molecule has 0 bridgehead atoms. The maximum atomic E-state index is 11.7. The summed E-state index contributed by atoms with van der Waals surface area (Å²) in [7, 11) is 0. The molecule has 1 atom stereocenters. The van der Waals surface area contributed by atoms with Gasteiger partial charge in [0.05, 0.1) is 12.6 Å². The molecule has 0 aliphatic carbocycles. The Morgan fingerprint density at radius 2 is 2.20 bits per heavy atom. The lowest BCUT2D eigenvalue weighted by molar-refractivity contribution is -0.121. The monoisotopic (exact) mass is 279 g/mol. The Labute approximate surface area is 118 Å². The summed E-state index contributed by atoms with van der Waals surface area (Å²) in [6.07, 6.45) is 4.25. The van der Waals surface area contributed by atoms with E-state index in [0.717, 1.165) is 43.7 Å². The number of likely N-dealkylation sites (tertiary alicyclic amines) is 1. The van der Waals surface area contributed by atoms with Crippen molar-refractivity contribution in [3.8, 4) is 0 Å². The first-order valence-electron chi connectivity index (χ1n) is 6.96. The predicted octanol–water partition coefficient (Wildman–Crippen LogP) is 1.70. The number of carbonyl (C=O) groups is 2. The molecule has 1 aliphatic rings. The van der Waals surface area contributed by atoms with E-state index < -0.39 is 6.03 Å². The van der Waals surface area contributed by atoms with Crippen LogP contribution in [0, 0.1) is 6.92 Å². The Kier molecular flexibility index (Phi) is 4.79. The molecule has 2 rings (SSSR count). The van der Waals surface area contributed by atoms with E-state index in [1.165, 1.54) is 0 Å². The highest BCUT2D eigenvalue weighted by molar-refractivity contribution is 5.94. The molecule has 6 heteroatoms. The molecule has 3 amide bonds. The molecule has 1 aliphatic heterocycles. The highest BCUT2D eigenvalue weighted by Gasteiger charge is 2.26. The highest BCUT2D eigenvalue weighted by atomic mass is 16.3. The van der Waals surface area contributed by atoms with Crippen LogP contribution in [0.4, 0.5) is 4.79 Å². The molecule has 2 heterocycles. The number of amides is 3. The Balaban J connectivity index is 2.09. The number of urea groups is 1. The minimum Gasteiger partial charge on any atom is -0.465 e. The van der Waals surface area contributed by atoms with Gasteiger partial charge in [-0.3, -0.25) is 15.0 Å². The number of imide groups is 1. The molecule has 0 saturated carbocycles. The number of furan rings is 1. The van der Waals surface area contributed by atoms with E-state index >= 15 is 0 Å². The van der Waals surface area contributed by atoms with Crippen molar-refractivity contribution in [3.05, 3.63) is 23.7 Å². The summed E-state index contributed by atoms with van der Waals surface area (Å²) in [4.78, 5) is 24.5. The summed E-state index contributed by atoms with van der Waals surface area (Å²) < 4.78 is 5.71. The van der Waals surface area contributed by atoms with E-state index in [9.17, 15) is 9.59 Å². The van der Waals surface area contributed by atoms with Gasteiger partial charge < -0.3 is 10.2 Å². The number of carbonyl (C=O) groups excluding carboxylic acids is 2. The van der Waals surface area contributed by atoms with Gasteiger partial charge >= 0.3 is 6.03 Å². The Morgan fingerprint density at radius 1 is 1.40 bits per heavy atom. The van der Waals surface area contributed by atoms with Crippen LogP contribution in [0.1, 0.15) is 43.2 Å². The first kappa shape index (κ1) is 14.6. The Hall–Kier alpha value is -1.82. The topological polar surface area (TPSA) is 88.6 Å². The number of rotatable bonds is 3. The molecule has 1 aromatic heterocycles. The number of hydrogen-bond acceptors (Lipinski definition) is 4.